The Kier molecular flexibility index (Phi) is 4.77. The number of ether oxygens (including phenoxy) is 2. The van der Waals surface area contributed by atoms with Gasteiger partial charge >= 0.3 is 5.97 Å². The van der Waals surface area contributed by atoms with Crippen LogP contribution in [0.15, 0.2) is 54.9 Å². The van der Waals surface area contributed by atoms with E-state index in [0.717, 1.165) is 11.0 Å². The molecule has 2 aromatic carbocycles. The monoisotopic (exact) mass is 326 g/mol. The van der Waals surface area contributed by atoms with Gasteiger partial charge in [-0.25, -0.2) is 9.78 Å². The molecule has 1 N–H and O–H groups in total. The second-order valence-corrected chi connectivity index (χ2v) is 5.37. The van der Waals surface area contributed by atoms with Crippen molar-refractivity contribution in [3.8, 4) is 5.75 Å². The zero-order valence-electron chi connectivity index (χ0n) is 13.3. The van der Waals surface area contributed by atoms with Gasteiger partial charge in [-0.3, -0.25) is 0 Å². The maximum Gasteiger partial charge on any atom is 0.337 e. The van der Waals surface area contributed by atoms with Gasteiger partial charge in [0.05, 0.1) is 36.6 Å². The molecular weight excluding hydrogens is 308 g/mol. The number of hydrogen-bond donors (Lipinski definition) is 1. The Balaban J connectivity index is 1.61. The summed E-state index contributed by atoms with van der Waals surface area (Å²) in [5.74, 6) is 0.0818. The number of carbonyl (C=O) groups is 1. The maximum absolute atomic E-state index is 11.5. The summed E-state index contributed by atoms with van der Waals surface area (Å²) in [7, 11) is 1.33. The van der Waals surface area contributed by atoms with Gasteiger partial charge in [-0.05, 0) is 30.3 Å². The van der Waals surface area contributed by atoms with Crippen molar-refractivity contribution in [3.63, 3.8) is 0 Å². The third-order valence-corrected chi connectivity index (χ3v) is 3.63. The molecule has 1 heterocycles. The zero-order valence-corrected chi connectivity index (χ0v) is 13.3. The summed E-state index contributed by atoms with van der Waals surface area (Å²) in [5.41, 5.74) is 2.26. The quantitative estimate of drug-likeness (QED) is 0.703. The number of imidazole rings is 1. The maximum atomic E-state index is 11.5. The third-order valence-electron chi connectivity index (χ3n) is 3.63. The highest BCUT2D eigenvalue weighted by Crippen LogP contribution is 2.15. The Morgan fingerprint density at radius 2 is 2.08 bits per heavy atom. The van der Waals surface area contributed by atoms with E-state index in [1.54, 1.807) is 30.6 Å². The first-order valence-corrected chi connectivity index (χ1v) is 7.56. The third kappa shape index (κ3) is 3.55. The van der Waals surface area contributed by atoms with E-state index in [9.17, 15) is 9.90 Å². The summed E-state index contributed by atoms with van der Waals surface area (Å²) in [4.78, 5) is 15.8. The largest absolute Gasteiger partial charge is 0.491 e. The van der Waals surface area contributed by atoms with Crippen LogP contribution in [0, 0.1) is 0 Å². The lowest BCUT2D eigenvalue weighted by Gasteiger charge is -2.14. The molecule has 1 unspecified atom stereocenters. The van der Waals surface area contributed by atoms with Gasteiger partial charge in [-0.1, -0.05) is 18.2 Å². The lowest BCUT2D eigenvalue weighted by atomic mass is 10.2. The van der Waals surface area contributed by atoms with Gasteiger partial charge in [0, 0.05) is 0 Å². The van der Waals surface area contributed by atoms with E-state index in [4.69, 9.17) is 4.74 Å². The number of rotatable bonds is 6. The predicted octanol–water partition coefficient (Wildman–Crippen LogP) is 2.26. The van der Waals surface area contributed by atoms with E-state index < -0.39 is 12.1 Å². The number of nitrogens with zero attached hydrogens (tertiary/aromatic N) is 2. The Labute approximate surface area is 139 Å². The number of aliphatic hydroxyl groups is 1. The van der Waals surface area contributed by atoms with E-state index in [1.807, 2.05) is 28.8 Å². The molecule has 0 radical (unpaired) electrons. The van der Waals surface area contributed by atoms with Crippen molar-refractivity contribution in [2.24, 2.45) is 0 Å². The number of carbonyl (C=O) groups excluding carboxylic acids is 1. The fourth-order valence-corrected chi connectivity index (χ4v) is 2.46. The number of benzene rings is 2. The summed E-state index contributed by atoms with van der Waals surface area (Å²) in [5, 5.41) is 10.2. The first-order chi connectivity index (χ1) is 11.7. The van der Waals surface area contributed by atoms with Crippen LogP contribution in [-0.4, -0.2) is 40.4 Å². The number of aromatic nitrogens is 2. The second kappa shape index (κ2) is 7.14. The van der Waals surface area contributed by atoms with Crippen LogP contribution < -0.4 is 4.74 Å². The lowest BCUT2D eigenvalue weighted by molar-refractivity contribution is 0.0599. The number of esters is 1. The van der Waals surface area contributed by atoms with Crippen LogP contribution in [0.5, 0.6) is 5.75 Å². The fourth-order valence-electron chi connectivity index (χ4n) is 2.46. The minimum absolute atomic E-state index is 0.108. The predicted molar refractivity (Wildman–Crippen MR) is 89.0 cm³/mol. The zero-order chi connectivity index (χ0) is 16.9. The van der Waals surface area contributed by atoms with Gasteiger partial charge in [0.25, 0.3) is 0 Å². The molecule has 0 amide bonds. The van der Waals surface area contributed by atoms with Crippen molar-refractivity contribution in [1.82, 2.24) is 9.55 Å². The van der Waals surface area contributed by atoms with E-state index in [1.165, 1.54) is 7.11 Å². The average molecular weight is 326 g/mol. The number of aliphatic hydroxyl groups excluding tert-OH is 1. The van der Waals surface area contributed by atoms with Crippen molar-refractivity contribution < 1.29 is 19.4 Å². The molecule has 0 fully saturated rings. The number of methoxy groups -OCH3 is 1. The summed E-state index contributed by atoms with van der Waals surface area (Å²) in [6.07, 6.45) is 0.996. The Morgan fingerprint density at radius 1 is 1.25 bits per heavy atom. The van der Waals surface area contributed by atoms with Crippen LogP contribution in [0.4, 0.5) is 0 Å². The molecule has 0 aliphatic rings. The minimum atomic E-state index is -0.704. The molecule has 124 valence electrons. The van der Waals surface area contributed by atoms with Gasteiger partial charge in [-0.2, -0.15) is 0 Å². The highest BCUT2D eigenvalue weighted by molar-refractivity contribution is 5.89. The van der Waals surface area contributed by atoms with Crippen molar-refractivity contribution in [3.05, 3.63) is 60.4 Å². The lowest BCUT2D eigenvalue weighted by Crippen LogP contribution is -2.23. The van der Waals surface area contributed by atoms with Gasteiger partial charge in [0.15, 0.2) is 0 Å². The van der Waals surface area contributed by atoms with Crippen LogP contribution >= 0.6 is 0 Å². The Hall–Kier alpha value is -2.86. The van der Waals surface area contributed by atoms with Gasteiger partial charge in [-0.15, -0.1) is 0 Å². The number of fused-ring (bicyclic) bond motifs is 1. The van der Waals surface area contributed by atoms with Gasteiger partial charge in [0.1, 0.15) is 18.5 Å². The summed E-state index contributed by atoms with van der Waals surface area (Å²) in [6.45, 7) is 0.480. The SMILES string of the molecule is COC(=O)c1cccc(OCC(O)Cn2cnc3ccccc32)c1. The Morgan fingerprint density at radius 3 is 2.92 bits per heavy atom. The number of hydrogen-bond acceptors (Lipinski definition) is 5. The van der Waals surface area contributed by atoms with Crippen LogP contribution in [0.2, 0.25) is 0 Å². The van der Waals surface area contributed by atoms with Crippen molar-refractivity contribution in [1.29, 1.82) is 0 Å². The molecule has 1 atom stereocenters. The molecule has 0 spiro atoms. The average Bonchev–Trinajstić information content (AvgIpc) is 3.02. The molecule has 3 aromatic rings. The van der Waals surface area contributed by atoms with Crippen LogP contribution in [0.25, 0.3) is 11.0 Å². The normalized spacial score (nSPS) is 12.1. The fraction of sp³-hybridized carbons (Fsp3) is 0.222. The molecule has 6 heteroatoms. The van der Waals surface area contributed by atoms with Crippen molar-refractivity contribution in [2.75, 3.05) is 13.7 Å². The van der Waals surface area contributed by atoms with Crippen molar-refractivity contribution >= 4 is 17.0 Å². The van der Waals surface area contributed by atoms with E-state index in [2.05, 4.69) is 9.72 Å². The molecule has 24 heavy (non-hydrogen) atoms. The van der Waals surface area contributed by atoms with E-state index >= 15 is 0 Å². The van der Waals surface area contributed by atoms with Crippen LogP contribution in [0.1, 0.15) is 10.4 Å². The number of para-hydroxylation sites is 2. The first kappa shape index (κ1) is 16.0. The molecule has 6 nitrogen and oxygen atoms in total. The van der Waals surface area contributed by atoms with E-state index in [-0.39, 0.29) is 6.61 Å². The molecule has 1 aromatic heterocycles. The van der Waals surface area contributed by atoms with Gasteiger partial charge < -0.3 is 19.1 Å². The van der Waals surface area contributed by atoms with Crippen molar-refractivity contribution in [2.45, 2.75) is 12.6 Å². The Bertz CT molecular complexity index is 844. The molecular formula is C18H18N2O4. The highest BCUT2D eigenvalue weighted by atomic mass is 16.5. The molecule has 0 bridgehead atoms. The topological polar surface area (TPSA) is 73.6 Å². The molecule has 0 aliphatic heterocycles. The van der Waals surface area contributed by atoms with Crippen LogP contribution in [-0.2, 0) is 11.3 Å². The minimum Gasteiger partial charge on any atom is -0.491 e. The second-order valence-electron chi connectivity index (χ2n) is 5.37. The molecule has 3 rings (SSSR count). The summed E-state index contributed by atoms with van der Waals surface area (Å²) >= 11 is 0. The summed E-state index contributed by atoms with van der Waals surface area (Å²) in [6, 6.07) is 14.4. The molecule has 0 saturated carbocycles. The van der Waals surface area contributed by atoms with E-state index in [0.29, 0.717) is 17.9 Å². The van der Waals surface area contributed by atoms with Gasteiger partial charge in [0.2, 0.25) is 0 Å². The summed E-state index contributed by atoms with van der Waals surface area (Å²) < 4.78 is 12.1. The first-order valence-electron chi connectivity index (χ1n) is 7.56. The standard InChI is InChI=1S/C18H18N2O4/c1-23-18(22)13-5-4-6-15(9-13)24-11-14(21)10-20-12-19-16-7-2-3-8-17(16)20/h2-9,12,14,21H,10-11H2,1H3. The van der Waals surface area contributed by atoms with Crippen LogP contribution in [0.3, 0.4) is 0 Å². The smallest absolute Gasteiger partial charge is 0.337 e. The molecule has 0 saturated heterocycles. The molecule has 0 aliphatic carbocycles. The highest BCUT2D eigenvalue weighted by Gasteiger charge is 2.11.